The number of hydrogen-bond donors (Lipinski definition) is 2. The van der Waals surface area contributed by atoms with Gasteiger partial charge >= 0.3 is 0 Å². The van der Waals surface area contributed by atoms with Gasteiger partial charge in [0.05, 0.1) is 26.8 Å². The second-order valence-electron chi connectivity index (χ2n) is 5.33. The first-order valence-electron chi connectivity index (χ1n) is 7.27. The monoisotopic (exact) mass is 320 g/mol. The van der Waals surface area contributed by atoms with Gasteiger partial charge in [0, 0.05) is 6.07 Å². The zero-order valence-corrected chi connectivity index (χ0v) is 13.8. The van der Waals surface area contributed by atoms with E-state index in [0.717, 1.165) is 10.5 Å². The average molecular weight is 320 g/mol. The van der Waals surface area contributed by atoms with E-state index in [2.05, 4.69) is 10.5 Å². The molecule has 1 unspecified atom stereocenters. The fourth-order valence-corrected chi connectivity index (χ4v) is 2.37. The number of benzene rings is 1. The van der Waals surface area contributed by atoms with E-state index >= 15 is 0 Å². The number of likely N-dealkylation sites (N-methyl/N-ethyl adjacent to an activating group) is 1. The summed E-state index contributed by atoms with van der Waals surface area (Å²) in [4.78, 5) is 13.0. The number of nitrogens with one attached hydrogen (secondary N) is 2. The summed E-state index contributed by atoms with van der Waals surface area (Å²) < 4.78 is 15.6. The molecule has 23 heavy (non-hydrogen) atoms. The second-order valence-corrected chi connectivity index (χ2v) is 5.33. The number of carbonyl (C=O) groups excluding carboxylic acids is 1. The van der Waals surface area contributed by atoms with E-state index in [1.165, 1.54) is 0 Å². The fourth-order valence-electron chi connectivity index (χ4n) is 2.37. The lowest BCUT2D eigenvalue weighted by atomic mass is 10.1. The molecule has 1 heterocycles. The van der Waals surface area contributed by atoms with Gasteiger partial charge in [-0.3, -0.25) is 4.79 Å². The predicted octanol–water partition coefficient (Wildman–Crippen LogP) is 0.654. The molecule has 0 spiro atoms. The molecule has 124 valence electrons. The molecule has 1 atom stereocenters. The highest BCUT2D eigenvalue weighted by molar-refractivity contribution is 5.90. The molecule has 2 rings (SSSR count). The number of hydrogen-bond acceptors (Lipinski definition) is 5. The Morgan fingerprint density at radius 2 is 2.13 bits per heavy atom. The van der Waals surface area contributed by atoms with Crippen molar-refractivity contribution in [2.75, 3.05) is 33.1 Å². The van der Waals surface area contributed by atoms with Crippen LogP contribution in [0.25, 0.3) is 0 Å². The number of methoxy groups -OCH3 is 2. The Kier molecular flexibility index (Phi) is 5.59. The van der Waals surface area contributed by atoms with Crippen LogP contribution in [0.1, 0.15) is 11.3 Å². The Morgan fingerprint density at radius 3 is 2.74 bits per heavy atom. The summed E-state index contributed by atoms with van der Waals surface area (Å²) in [5, 5.41) is 6.45. The van der Waals surface area contributed by atoms with Crippen LogP contribution in [0.2, 0.25) is 0 Å². The summed E-state index contributed by atoms with van der Waals surface area (Å²) >= 11 is 0. The molecule has 0 fully saturated rings. The maximum atomic E-state index is 12.0. The third-order valence-corrected chi connectivity index (χ3v) is 3.33. The Labute approximate surface area is 135 Å². The minimum absolute atomic E-state index is 0.127. The second kappa shape index (κ2) is 7.64. The number of nitrogens with zero attached hydrogens (tertiary/aromatic N) is 1. The van der Waals surface area contributed by atoms with Crippen LogP contribution in [0.15, 0.2) is 28.8 Å². The highest BCUT2D eigenvalue weighted by Gasteiger charge is 2.16. The largest absolute Gasteiger partial charge is 0.493 e. The van der Waals surface area contributed by atoms with Crippen molar-refractivity contribution in [3.63, 3.8) is 0 Å². The molecule has 1 amide bonds. The van der Waals surface area contributed by atoms with E-state index in [-0.39, 0.29) is 5.91 Å². The number of ether oxygens (including phenoxy) is 2. The van der Waals surface area contributed by atoms with Gasteiger partial charge in [-0.05, 0) is 19.1 Å². The van der Waals surface area contributed by atoms with Crippen LogP contribution in [0, 0.1) is 6.92 Å². The molecule has 0 saturated heterocycles. The van der Waals surface area contributed by atoms with Gasteiger partial charge in [0.25, 0.3) is 5.91 Å². The van der Waals surface area contributed by atoms with Crippen LogP contribution in [0.5, 0.6) is 11.5 Å². The molecule has 2 aromatic rings. The predicted molar refractivity (Wildman–Crippen MR) is 84.9 cm³/mol. The quantitative estimate of drug-likeness (QED) is 0.783. The number of rotatable bonds is 7. The van der Waals surface area contributed by atoms with Crippen LogP contribution in [0.4, 0.5) is 5.82 Å². The molecule has 7 heteroatoms. The summed E-state index contributed by atoms with van der Waals surface area (Å²) in [6, 6.07) is 7.39. The molecule has 0 bridgehead atoms. The molecule has 0 aliphatic carbocycles. The molecule has 1 aromatic carbocycles. The molecular formula is C16H22N3O4+. The normalized spacial score (nSPS) is 11.8. The molecule has 0 radical (unpaired) electrons. The van der Waals surface area contributed by atoms with Gasteiger partial charge in [-0.1, -0.05) is 11.2 Å². The van der Waals surface area contributed by atoms with Crippen LogP contribution in [-0.2, 0) is 11.3 Å². The third-order valence-electron chi connectivity index (χ3n) is 3.33. The zero-order valence-electron chi connectivity index (χ0n) is 13.8. The fraction of sp³-hybridized carbons (Fsp3) is 0.375. The first kappa shape index (κ1) is 16.8. The first-order chi connectivity index (χ1) is 11.0. The minimum atomic E-state index is -0.127. The van der Waals surface area contributed by atoms with E-state index in [0.29, 0.717) is 36.2 Å². The van der Waals surface area contributed by atoms with Crippen LogP contribution < -0.4 is 19.7 Å². The molecule has 2 N–H and O–H groups in total. The van der Waals surface area contributed by atoms with Gasteiger partial charge in [-0.15, -0.1) is 0 Å². The number of quaternary nitrogens is 1. The highest BCUT2D eigenvalue weighted by atomic mass is 16.5. The maximum Gasteiger partial charge on any atom is 0.280 e. The zero-order chi connectivity index (χ0) is 16.8. The van der Waals surface area contributed by atoms with Crippen molar-refractivity contribution in [3.05, 3.63) is 35.6 Å². The number of aryl methyl sites for hydroxylation is 1. The van der Waals surface area contributed by atoms with E-state index in [1.807, 2.05) is 25.2 Å². The van der Waals surface area contributed by atoms with Crippen LogP contribution in [0.3, 0.4) is 0 Å². The molecule has 0 aliphatic heterocycles. The summed E-state index contributed by atoms with van der Waals surface area (Å²) in [5.74, 6) is 2.33. The number of aromatic nitrogens is 1. The standard InChI is InChI=1S/C16H21N3O4/c1-11-8-14(18-23-11)17-15(20)10-19(2)9-12-6-5-7-13(21-3)16(12)22-4/h5-8H,9-10H2,1-4H3,(H,17,18,20)/p+1. The number of anilines is 1. The lowest BCUT2D eigenvalue weighted by Gasteiger charge is -2.16. The highest BCUT2D eigenvalue weighted by Crippen LogP contribution is 2.29. The molecule has 1 aromatic heterocycles. The number of amides is 1. The van der Waals surface area contributed by atoms with Crippen molar-refractivity contribution in [1.82, 2.24) is 5.16 Å². The van der Waals surface area contributed by atoms with Gasteiger partial charge in [0.2, 0.25) is 0 Å². The number of carbonyl (C=O) groups is 1. The summed E-state index contributed by atoms with van der Waals surface area (Å²) in [7, 11) is 5.15. The van der Waals surface area contributed by atoms with Crippen LogP contribution in [-0.4, -0.2) is 38.9 Å². The lowest BCUT2D eigenvalue weighted by molar-refractivity contribution is -0.885. The Morgan fingerprint density at radius 1 is 1.35 bits per heavy atom. The van der Waals surface area contributed by atoms with Crippen molar-refractivity contribution in [3.8, 4) is 11.5 Å². The van der Waals surface area contributed by atoms with Crippen molar-refractivity contribution in [1.29, 1.82) is 0 Å². The lowest BCUT2D eigenvalue weighted by Crippen LogP contribution is -3.08. The van der Waals surface area contributed by atoms with Gasteiger partial charge in [-0.25, -0.2) is 0 Å². The molecule has 7 nitrogen and oxygen atoms in total. The number of para-hydroxylation sites is 1. The van der Waals surface area contributed by atoms with Crippen molar-refractivity contribution in [2.24, 2.45) is 0 Å². The van der Waals surface area contributed by atoms with Gasteiger partial charge in [0.15, 0.2) is 23.9 Å². The van der Waals surface area contributed by atoms with E-state index in [4.69, 9.17) is 14.0 Å². The molecule has 0 aliphatic rings. The summed E-state index contributed by atoms with van der Waals surface area (Å²) in [5.41, 5.74) is 0.981. The topological polar surface area (TPSA) is 78.0 Å². The SMILES string of the molecule is COc1cccc(C[NH+](C)CC(=O)Nc2cc(C)on2)c1OC. The van der Waals surface area contributed by atoms with E-state index < -0.39 is 0 Å². The van der Waals surface area contributed by atoms with E-state index in [1.54, 1.807) is 27.2 Å². The average Bonchev–Trinajstić information content (AvgIpc) is 2.91. The van der Waals surface area contributed by atoms with Crippen molar-refractivity contribution < 1.29 is 23.7 Å². The summed E-state index contributed by atoms with van der Waals surface area (Å²) in [6.45, 7) is 2.70. The maximum absolute atomic E-state index is 12.0. The smallest absolute Gasteiger partial charge is 0.280 e. The third kappa shape index (κ3) is 4.46. The van der Waals surface area contributed by atoms with Crippen molar-refractivity contribution in [2.45, 2.75) is 13.5 Å². The van der Waals surface area contributed by atoms with E-state index in [9.17, 15) is 4.79 Å². The Hall–Kier alpha value is -2.54. The van der Waals surface area contributed by atoms with Gasteiger partial charge in [-0.2, -0.15) is 0 Å². The first-order valence-corrected chi connectivity index (χ1v) is 7.27. The Balaban J connectivity index is 1.96. The molecule has 0 saturated carbocycles. The van der Waals surface area contributed by atoms with Gasteiger partial charge < -0.3 is 24.2 Å². The van der Waals surface area contributed by atoms with Gasteiger partial charge in [0.1, 0.15) is 12.3 Å². The Bertz CT molecular complexity index is 669. The minimum Gasteiger partial charge on any atom is -0.493 e. The summed E-state index contributed by atoms with van der Waals surface area (Å²) in [6.07, 6.45) is 0. The molecular weight excluding hydrogens is 298 g/mol. The van der Waals surface area contributed by atoms with Crippen molar-refractivity contribution >= 4 is 11.7 Å². The van der Waals surface area contributed by atoms with Crippen LogP contribution >= 0.6 is 0 Å².